The van der Waals surface area contributed by atoms with Crippen molar-refractivity contribution in [3.8, 4) is 5.75 Å². The number of aliphatic carboxylic acids is 1. The Hall–Kier alpha value is -3.35. The number of ether oxygens (including phenoxy) is 1. The summed E-state index contributed by atoms with van der Waals surface area (Å²) in [4.78, 5) is 27.1. The zero-order valence-electron chi connectivity index (χ0n) is 17.3. The molecule has 1 heterocycles. The van der Waals surface area contributed by atoms with Crippen molar-refractivity contribution in [1.29, 1.82) is 0 Å². The van der Waals surface area contributed by atoms with Gasteiger partial charge in [-0.1, -0.05) is 66.2 Å². The van der Waals surface area contributed by atoms with Crippen molar-refractivity contribution in [2.75, 3.05) is 11.5 Å². The highest BCUT2D eigenvalue weighted by atomic mass is 35.5. The molecule has 3 aromatic carbocycles. The molecular weight excluding hydrogens is 428 g/mol. The number of carboxylic acids is 1. The molecule has 0 bridgehead atoms. The fourth-order valence-electron chi connectivity index (χ4n) is 3.72. The van der Waals surface area contributed by atoms with E-state index in [1.807, 2.05) is 60.7 Å². The molecule has 0 aromatic heterocycles. The van der Waals surface area contributed by atoms with Gasteiger partial charge in [-0.3, -0.25) is 14.9 Å². The first-order valence-corrected chi connectivity index (χ1v) is 10.7. The van der Waals surface area contributed by atoms with Crippen LogP contribution in [0, 0.1) is 0 Å². The maximum absolute atomic E-state index is 13.6. The van der Waals surface area contributed by atoms with E-state index in [1.165, 1.54) is 0 Å². The smallest absolute Gasteiger partial charge is 0.321 e. The first-order chi connectivity index (χ1) is 15.5. The highest BCUT2D eigenvalue weighted by molar-refractivity contribution is 6.30. The number of fused-ring (bicyclic) bond motifs is 1. The largest absolute Gasteiger partial charge is 0.489 e. The molecule has 2 N–H and O–H groups in total. The number of carboxylic acid groups (broad SMARTS) is 1. The van der Waals surface area contributed by atoms with Crippen LogP contribution in [0.2, 0.25) is 5.02 Å². The summed E-state index contributed by atoms with van der Waals surface area (Å²) in [5, 5.41) is 13.4. The maximum atomic E-state index is 13.6. The molecule has 32 heavy (non-hydrogen) atoms. The number of hydrogen-bond donors (Lipinski definition) is 2. The zero-order chi connectivity index (χ0) is 22.5. The first-order valence-electron chi connectivity index (χ1n) is 10.3. The Morgan fingerprint density at radius 3 is 2.44 bits per heavy atom. The minimum Gasteiger partial charge on any atom is -0.489 e. The number of para-hydroxylation sites is 2. The predicted molar refractivity (Wildman–Crippen MR) is 123 cm³/mol. The van der Waals surface area contributed by atoms with Crippen molar-refractivity contribution in [2.24, 2.45) is 0 Å². The normalized spacial score (nSPS) is 16.6. The van der Waals surface area contributed by atoms with E-state index in [2.05, 4.69) is 5.32 Å². The van der Waals surface area contributed by atoms with Crippen LogP contribution < -0.4 is 15.0 Å². The molecular formula is C25H23ClN2O4. The van der Waals surface area contributed by atoms with Gasteiger partial charge in [-0.15, -0.1) is 0 Å². The van der Waals surface area contributed by atoms with Gasteiger partial charge in [-0.05, 0) is 41.8 Å². The summed E-state index contributed by atoms with van der Waals surface area (Å²) < 4.78 is 5.91. The van der Waals surface area contributed by atoms with Crippen molar-refractivity contribution in [1.82, 2.24) is 5.32 Å². The third-order valence-electron chi connectivity index (χ3n) is 5.36. The van der Waals surface area contributed by atoms with Gasteiger partial charge in [0.05, 0.1) is 12.2 Å². The van der Waals surface area contributed by atoms with Crippen LogP contribution in [0.25, 0.3) is 0 Å². The van der Waals surface area contributed by atoms with E-state index in [0.29, 0.717) is 23.0 Å². The van der Waals surface area contributed by atoms with Crippen molar-refractivity contribution in [3.05, 3.63) is 95.0 Å². The fourth-order valence-corrected chi connectivity index (χ4v) is 3.84. The lowest BCUT2D eigenvalue weighted by Crippen LogP contribution is -2.54. The van der Waals surface area contributed by atoms with E-state index in [9.17, 15) is 14.7 Å². The number of hydrogen-bond acceptors (Lipinski definition) is 4. The number of benzene rings is 3. The molecule has 3 aromatic rings. The molecule has 0 fully saturated rings. The molecule has 0 saturated heterocycles. The third-order valence-corrected chi connectivity index (χ3v) is 5.61. The molecule has 7 heteroatoms. The van der Waals surface area contributed by atoms with Gasteiger partial charge in [-0.25, -0.2) is 0 Å². The zero-order valence-corrected chi connectivity index (χ0v) is 18.0. The third kappa shape index (κ3) is 5.10. The monoisotopic (exact) mass is 450 g/mol. The Morgan fingerprint density at radius 2 is 1.72 bits per heavy atom. The van der Waals surface area contributed by atoms with Crippen LogP contribution in [0.4, 0.5) is 5.69 Å². The molecule has 0 radical (unpaired) electrons. The summed E-state index contributed by atoms with van der Waals surface area (Å²) in [5.41, 5.74) is 2.42. The molecule has 1 aliphatic heterocycles. The van der Waals surface area contributed by atoms with E-state index in [0.717, 1.165) is 11.1 Å². The Kier molecular flexibility index (Phi) is 6.73. The SMILES string of the molecule is O=C(O)[C@H](Cc1ccccc1)N[C@H]1COc2ccccc2N(Cc2ccc(Cl)cc2)C1=O. The molecule has 164 valence electrons. The summed E-state index contributed by atoms with van der Waals surface area (Å²) in [6.07, 6.45) is 0.254. The Balaban J connectivity index is 1.60. The van der Waals surface area contributed by atoms with Crippen molar-refractivity contribution in [3.63, 3.8) is 0 Å². The standard InChI is InChI=1S/C25H23ClN2O4/c26-19-12-10-18(11-13-19)15-28-22-8-4-5-9-23(22)32-16-21(24(28)29)27-20(25(30)31)14-17-6-2-1-3-7-17/h1-13,20-21,27H,14-16H2,(H,30,31)/t20-,21-/m0/s1. The summed E-state index contributed by atoms with van der Waals surface area (Å²) in [7, 11) is 0. The minimum atomic E-state index is -1.02. The van der Waals surface area contributed by atoms with E-state index in [1.54, 1.807) is 23.1 Å². The first kappa shape index (κ1) is 21.9. The van der Waals surface area contributed by atoms with E-state index in [4.69, 9.17) is 16.3 Å². The molecule has 0 spiro atoms. The fraction of sp³-hybridized carbons (Fsp3) is 0.200. The Morgan fingerprint density at radius 1 is 1.03 bits per heavy atom. The second-order valence-corrected chi connectivity index (χ2v) is 8.07. The van der Waals surface area contributed by atoms with Crippen LogP contribution in [0.3, 0.4) is 0 Å². The average molecular weight is 451 g/mol. The number of anilines is 1. The number of carbonyl (C=O) groups excluding carboxylic acids is 1. The van der Waals surface area contributed by atoms with Crippen LogP contribution in [-0.2, 0) is 22.6 Å². The van der Waals surface area contributed by atoms with E-state index in [-0.39, 0.29) is 18.9 Å². The van der Waals surface area contributed by atoms with Gasteiger partial charge in [0.15, 0.2) is 0 Å². The molecule has 0 unspecified atom stereocenters. The summed E-state index contributed by atoms with van der Waals surface area (Å²) in [5.74, 6) is -0.689. The lowest BCUT2D eigenvalue weighted by molar-refractivity contribution is -0.140. The Bertz CT molecular complexity index is 1090. The highest BCUT2D eigenvalue weighted by Gasteiger charge is 2.34. The quantitative estimate of drug-likeness (QED) is 0.570. The van der Waals surface area contributed by atoms with Gasteiger partial charge in [0, 0.05) is 5.02 Å². The molecule has 0 aliphatic carbocycles. The summed E-state index contributed by atoms with van der Waals surface area (Å²) in [6, 6.07) is 22.2. The molecule has 6 nitrogen and oxygen atoms in total. The number of rotatable bonds is 7. The molecule has 1 aliphatic rings. The van der Waals surface area contributed by atoms with E-state index < -0.39 is 18.1 Å². The molecule has 2 atom stereocenters. The van der Waals surface area contributed by atoms with Crippen LogP contribution in [0.5, 0.6) is 5.75 Å². The Labute approximate surface area is 191 Å². The number of amides is 1. The average Bonchev–Trinajstić information content (AvgIpc) is 2.93. The lowest BCUT2D eigenvalue weighted by atomic mass is 10.0. The lowest BCUT2D eigenvalue weighted by Gasteiger charge is -2.26. The topological polar surface area (TPSA) is 78.9 Å². The van der Waals surface area contributed by atoms with Crippen LogP contribution >= 0.6 is 11.6 Å². The second-order valence-electron chi connectivity index (χ2n) is 7.63. The number of nitrogens with zero attached hydrogens (tertiary/aromatic N) is 1. The van der Waals surface area contributed by atoms with Crippen molar-refractivity contribution < 1.29 is 19.4 Å². The second kappa shape index (κ2) is 9.85. The molecule has 0 saturated carbocycles. The maximum Gasteiger partial charge on any atom is 0.321 e. The number of nitrogens with one attached hydrogen (secondary N) is 1. The van der Waals surface area contributed by atoms with Crippen LogP contribution in [-0.4, -0.2) is 35.7 Å². The molecule has 1 amide bonds. The van der Waals surface area contributed by atoms with E-state index >= 15 is 0 Å². The van der Waals surface area contributed by atoms with Crippen LogP contribution in [0.1, 0.15) is 11.1 Å². The van der Waals surface area contributed by atoms with Gasteiger partial charge < -0.3 is 14.7 Å². The van der Waals surface area contributed by atoms with Gasteiger partial charge in [0.1, 0.15) is 24.4 Å². The summed E-state index contributed by atoms with van der Waals surface area (Å²) in [6.45, 7) is 0.344. The van der Waals surface area contributed by atoms with Gasteiger partial charge in [-0.2, -0.15) is 0 Å². The van der Waals surface area contributed by atoms with Crippen LogP contribution in [0.15, 0.2) is 78.9 Å². The predicted octanol–water partition coefficient (Wildman–Crippen LogP) is 3.92. The molecule has 4 rings (SSSR count). The van der Waals surface area contributed by atoms with Gasteiger partial charge in [0.25, 0.3) is 0 Å². The van der Waals surface area contributed by atoms with Crippen molar-refractivity contribution >= 4 is 29.2 Å². The summed E-state index contributed by atoms with van der Waals surface area (Å²) >= 11 is 6.00. The highest BCUT2D eigenvalue weighted by Crippen LogP contribution is 2.32. The van der Waals surface area contributed by atoms with Gasteiger partial charge >= 0.3 is 5.97 Å². The van der Waals surface area contributed by atoms with Gasteiger partial charge in [0.2, 0.25) is 5.91 Å². The van der Waals surface area contributed by atoms with Crippen molar-refractivity contribution in [2.45, 2.75) is 25.0 Å². The minimum absolute atomic E-state index is 0.0333. The number of halogens is 1. The number of carbonyl (C=O) groups is 2.